The second kappa shape index (κ2) is 8.68. The minimum atomic E-state index is -3.74. The van der Waals surface area contributed by atoms with Crippen LogP contribution in [-0.4, -0.2) is 40.2 Å². The van der Waals surface area contributed by atoms with Gasteiger partial charge in [0.15, 0.2) is 0 Å². The molecule has 0 aromatic heterocycles. The second-order valence-electron chi connectivity index (χ2n) is 6.01. The molecule has 0 saturated carbocycles. The number of hydrogen-bond donors (Lipinski definition) is 1. The summed E-state index contributed by atoms with van der Waals surface area (Å²) in [6.07, 6.45) is 1.01. The predicted molar refractivity (Wildman–Crippen MR) is 103 cm³/mol. The standard InChI is InChI=1S/C19H22N2O5S/c1-14(15-8-5-4-6-9-15)20-18(22)13-21(27(3,24)25)17-11-7-10-16(12-17)19(23)26-2/h4-12,14H,13H2,1-3H3,(H,20,22). The molecule has 8 heteroatoms. The highest BCUT2D eigenvalue weighted by Gasteiger charge is 2.23. The van der Waals surface area contributed by atoms with Crippen molar-refractivity contribution in [3.8, 4) is 0 Å². The Morgan fingerprint density at radius 1 is 1.11 bits per heavy atom. The first kappa shape index (κ1) is 20.4. The number of carbonyl (C=O) groups excluding carboxylic acids is 2. The number of rotatable bonds is 7. The maximum atomic E-state index is 12.4. The first-order valence-electron chi connectivity index (χ1n) is 8.22. The molecular weight excluding hydrogens is 368 g/mol. The third-order valence-corrected chi connectivity index (χ3v) is 5.06. The van der Waals surface area contributed by atoms with Crippen molar-refractivity contribution in [2.24, 2.45) is 0 Å². The van der Waals surface area contributed by atoms with Crippen molar-refractivity contribution in [1.29, 1.82) is 0 Å². The molecule has 0 radical (unpaired) electrons. The fraction of sp³-hybridized carbons (Fsp3) is 0.263. The zero-order chi connectivity index (χ0) is 20.0. The van der Waals surface area contributed by atoms with Gasteiger partial charge in [0.2, 0.25) is 15.9 Å². The number of nitrogens with zero attached hydrogens (tertiary/aromatic N) is 1. The number of ether oxygens (including phenoxy) is 1. The fourth-order valence-corrected chi connectivity index (χ4v) is 3.40. The van der Waals surface area contributed by atoms with Crippen LogP contribution in [0.25, 0.3) is 0 Å². The SMILES string of the molecule is COC(=O)c1cccc(N(CC(=O)NC(C)c2ccccc2)S(C)(=O)=O)c1. The zero-order valence-electron chi connectivity index (χ0n) is 15.4. The maximum Gasteiger partial charge on any atom is 0.337 e. The van der Waals surface area contributed by atoms with Crippen LogP contribution >= 0.6 is 0 Å². The van der Waals surface area contributed by atoms with Crippen molar-refractivity contribution < 1.29 is 22.7 Å². The van der Waals surface area contributed by atoms with Gasteiger partial charge in [0, 0.05) is 0 Å². The average molecular weight is 390 g/mol. The van der Waals surface area contributed by atoms with E-state index in [0.717, 1.165) is 16.1 Å². The van der Waals surface area contributed by atoms with E-state index in [1.54, 1.807) is 0 Å². The molecule has 144 valence electrons. The van der Waals surface area contributed by atoms with Gasteiger partial charge in [-0.25, -0.2) is 13.2 Å². The van der Waals surface area contributed by atoms with E-state index in [1.807, 2.05) is 37.3 Å². The summed E-state index contributed by atoms with van der Waals surface area (Å²) in [5.74, 6) is -1.05. The van der Waals surface area contributed by atoms with Crippen molar-refractivity contribution in [3.63, 3.8) is 0 Å². The summed E-state index contributed by atoms with van der Waals surface area (Å²) in [4.78, 5) is 24.1. The van der Waals surface area contributed by atoms with Gasteiger partial charge in [-0.2, -0.15) is 0 Å². The van der Waals surface area contributed by atoms with E-state index in [-0.39, 0.29) is 17.3 Å². The van der Waals surface area contributed by atoms with Crippen molar-refractivity contribution in [2.75, 3.05) is 24.2 Å². The summed E-state index contributed by atoms with van der Waals surface area (Å²) < 4.78 is 30.0. The van der Waals surface area contributed by atoms with Gasteiger partial charge in [-0.3, -0.25) is 9.10 Å². The highest BCUT2D eigenvalue weighted by atomic mass is 32.2. The van der Waals surface area contributed by atoms with Crippen LogP contribution in [-0.2, 0) is 19.6 Å². The molecule has 0 heterocycles. The van der Waals surface area contributed by atoms with Crippen LogP contribution in [0.15, 0.2) is 54.6 Å². The molecule has 0 aliphatic heterocycles. The van der Waals surface area contributed by atoms with Crippen molar-refractivity contribution in [3.05, 3.63) is 65.7 Å². The first-order valence-corrected chi connectivity index (χ1v) is 10.1. The lowest BCUT2D eigenvalue weighted by Crippen LogP contribution is -2.41. The Kier molecular flexibility index (Phi) is 6.57. The quantitative estimate of drug-likeness (QED) is 0.731. The smallest absolute Gasteiger partial charge is 0.337 e. The summed E-state index contributed by atoms with van der Waals surface area (Å²) in [7, 11) is -2.50. The number of amides is 1. The van der Waals surface area contributed by atoms with Crippen LogP contribution in [0.5, 0.6) is 0 Å². The molecule has 0 saturated heterocycles. The Morgan fingerprint density at radius 3 is 2.37 bits per heavy atom. The number of sulfonamides is 1. The number of methoxy groups -OCH3 is 1. The number of nitrogens with one attached hydrogen (secondary N) is 1. The van der Waals surface area contributed by atoms with E-state index >= 15 is 0 Å². The predicted octanol–water partition coefficient (Wildman–Crippen LogP) is 2.12. The van der Waals surface area contributed by atoms with Gasteiger partial charge in [0.1, 0.15) is 6.54 Å². The Morgan fingerprint density at radius 2 is 1.78 bits per heavy atom. The summed E-state index contributed by atoms with van der Waals surface area (Å²) in [5.41, 5.74) is 1.31. The topological polar surface area (TPSA) is 92.8 Å². The van der Waals surface area contributed by atoms with Crippen LogP contribution in [0.3, 0.4) is 0 Å². The maximum absolute atomic E-state index is 12.4. The minimum absolute atomic E-state index is 0.196. The van der Waals surface area contributed by atoms with Crippen LogP contribution in [0.4, 0.5) is 5.69 Å². The van der Waals surface area contributed by atoms with E-state index in [1.165, 1.54) is 31.4 Å². The molecule has 1 N–H and O–H groups in total. The minimum Gasteiger partial charge on any atom is -0.465 e. The molecule has 1 unspecified atom stereocenters. The number of hydrogen-bond acceptors (Lipinski definition) is 5. The lowest BCUT2D eigenvalue weighted by Gasteiger charge is -2.23. The number of benzene rings is 2. The molecule has 0 spiro atoms. The Balaban J connectivity index is 2.20. The molecule has 0 aliphatic carbocycles. The summed E-state index contributed by atoms with van der Waals surface area (Å²) >= 11 is 0. The summed E-state index contributed by atoms with van der Waals surface area (Å²) in [6.45, 7) is 1.41. The molecule has 27 heavy (non-hydrogen) atoms. The van der Waals surface area contributed by atoms with Crippen LogP contribution in [0.1, 0.15) is 28.9 Å². The monoisotopic (exact) mass is 390 g/mol. The molecule has 1 atom stereocenters. The van der Waals surface area contributed by atoms with E-state index < -0.39 is 28.4 Å². The van der Waals surface area contributed by atoms with Crippen LogP contribution < -0.4 is 9.62 Å². The average Bonchev–Trinajstić information content (AvgIpc) is 2.65. The van der Waals surface area contributed by atoms with Crippen molar-refractivity contribution in [2.45, 2.75) is 13.0 Å². The van der Waals surface area contributed by atoms with Gasteiger partial charge >= 0.3 is 5.97 Å². The van der Waals surface area contributed by atoms with Crippen molar-refractivity contribution in [1.82, 2.24) is 5.32 Å². The fourth-order valence-electron chi connectivity index (χ4n) is 2.55. The highest BCUT2D eigenvalue weighted by Crippen LogP contribution is 2.20. The first-order chi connectivity index (χ1) is 12.7. The van der Waals surface area contributed by atoms with Gasteiger partial charge in [-0.1, -0.05) is 36.4 Å². The van der Waals surface area contributed by atoms with Gasteiger partial charge in [0.05, 0.1) is 30.7 Å². The van der Waals surface area contributed by atoms with E-state index in [4.69, 9.17) is 0 Å². The Bertz CT molecular complexity index is 913. The van der Waals surface area contributed by atoms with E-state index in [0.29, 0.717) is 0 Å². The van der Waals surface area contributed by atoms with Gasteiger partial charge < -0.3 is 10.1 Å². The lowest BCUT2D eigenvalue weighted by atomic mass is 10.1. The number of anilines is 1. The largest absolute Gasteiger partial charge is 0.465 e. The van der Waals surface area contributed by atoms with E-state index in [9.17, 15) is 18.0 Å². The molecular formula is C19H22N2O5S. The molecule has 2 rings (SSSR count). The van der Waals surface area contributed by atoms with Crippen LogP contribution in [0, 0.1) is 0 Å². The lowest BCUT2D eigenvalue weighted by molar-refractivity contribution is -0.120. The number of esters is 1. The van der Waals surface area contributed by atoms with Gasteiger partial charge in [0.25, 0.3) is 0 Å². The molecule has 0 bridgehead atoms. The Hall–Kier alpha value is -2.87. The van der Waals surface area contributed by atoms with Crippen molar-refractivity contribution >= 4 is 27.6 Å². The Labute approximate surface area is 159 Å². The zero-order valence-corrected chi connectivity index (χ0v) is 16.2. The third kappa shape index (κ3) is 5.55. The van der Waals surface area contributed by atoms with Gasteiger partial charge in [-0.05, 0) is 30.7 Å². The molecule has 7 nitrogen and oxygen atoms in total. The van der Waals surface area contributed by atoms with Crippen LogP contribution in [0.2, 0.25) is 0 Å². The molecule has 1 amide bonds. The summed E-state index contributed by atoms with van der Waals surface area (Å²) in [6, 6.07) is 15.0. The van der Waals surface area contributed by atoms with E-state index in [2.05, 4.69) is 10.1 Å². The molecule has 0 fully saturated rings. The third-order valence-electron chi connectivity index (χ3n) is 3.92. The highest BCUT2D eigenvalue weighted by molar-refractivity contribution is 7.92. The number of carbonyl (C=O) groups is 2. The molecule has 0 aliphatic rings. The second-order valence-corrected chi connectivity index (χ2v) is 7.92. The van der Waals surface area contributed by atoms with Gasteiger partial charge in [-0.15, -0.1) is 0 Å². The molecule has 2 aromatic rings. The molecule has 2 aromatic carbocycles. The summed E-state index contributed by atoms with van der Waals surface area (Å²) in [5, 5.41) is 2.78. The normalized spacial score (nSPS) is 12.1.